The van der Waals surface area contributed by atoms with E-state index in [-0.39, 0.29) is 0 Å². The molecule has 91 valence electrons. The minimum absolute atomic E-state index is 0.311. The Hall–Kier alpha value is -1.31. The maximum Gasteiger partial charge on any atom is 0.139 e. The highest BCUT2D eigenvalue weighted by molar-refractivity contribution is 5.79. The predicted octanol–water partition coefficient (Wildman–Crippen LogP) is 3.81. The zero-order valence-corrected chi connectivity index (χ0v) is 10.5. The summed E-state index contributed by atoms with van der Waals surface area (Å²) in [5.41, 5.74) is 2.31. The molecule has 1 saturated carbocycles. The lowest BCUT2D eigenvalue weighted by Crippen LogP contribution is -2.13. The Bertz CT molecular complexity index is 367. The van der Waals surface area contributed by atoms with Gasteiger partial charge in [-0.25, -0.2) is 0 Å². The summed E-state index contributed by atoms with van der Waals surface area (Å²) in [6.45, 7) is 2.15. The van der Waals surface area contributed by atoms with E-state index in [1.807, 2.05) is 12.1 Å². The number of benzene rings is 1. The highest BCUT2D eigenvalue weighted by Crippen LogP contribution is 2.20. The second kappa shape index (κ2) is 6.43. The van der Waals surface area contributed by atoms with Crippen molar-refractivity contribution in [3.8, 4) is 0 Å². The molecule has 2 heteroatoms. The van der Waals surface area contributed by atoms with Gasteiger partial charge in [0.15, 0.2) is 0 Å². The monoisotopic (exact) mass is 230 g/mol. The van der Waals surface area contributed by atoms with Gasteiger partial charge in [0.1, 0.15) is 12.3 Å². The molecule has 1 radical (unpaired) electrons. The van der Waals surface area contributed by atoms with Crippen molar-refractivity contribution < 1.29 is 4.84 Å². The first-order valence-corrected chi connectivity index (χ1v) is 6.59. The Morgan fingerprint density at radius 3 is 2.88 bits per heavy atom. The molecule has 0 bridgehead atoms. The van der Waals surface area contributed by atoms with Crippen LogP contribution in [0, 0.1) is 0 Å². The second-order valence-corrected chi connectivity index (χ2v) is 4.62. The Morgan fingerprint density at radius 1 is 1.29 bits per heavy atom. The van der Waals surface area contributed by atoms with Gasteiger partial charge in [0, 0.05) is 5.56 Å². The molecule has 17 heavy (non-hydrogen) atoms. The Balaban J connectivity index is 1.86. The first-order chi connectivity index (χ1) is 8.38. The van der Waals surface area contributed by atoms with Crippen LogP contribution in [0.3, 0.4) is 0 Å². The van der Waals surface area contributed by atoms with Gasteiger partial charge in [-0.15, -0.1) is 0 Å². The molecule has 1 fully saturated rings. The molecule has 0 aliphatic heterocycles. The van der Waals surface area contributed by atoms with Crippen molar-refractivity contribution >= 4 is 6.21 Å². The standard InChI is InChI=1S/C15H20NO/c1-2-13-7-6-8-14(11-13)12-16-17-15-9-4-3-5-10-15/h6-8,11,15H,2-5,9-10H2,1H3. The van der Waals surface area contributed by atoms with Crippen LogP contribution in [0.2, 0.25) is 0 Å². The summed E-state index contributed by atoms with van der Waals surface area (Å²) >= 11 is 0. The zero-order chi connectivity index (χ0) is 11.9. The van der Waals surface area contributed by atoms with Gasteiger partial charge < -0.3 is 4.84 Å². The summed E-state index contributed by atoms with van der Waals surface area (Å²) in [6, 6.07) is 8.27. The third-order valence-electron chi connectivity index (χ3n) is 3.26. The van der Waals surface area contributed by atoms with Crippen LogP contribution >= 0.6 is 0 Å². The van der Waals surface area contributed by atoms with Crippen molar-refractivity contribution in [2.24, 2.45) is 5.16 Å². The zero-order valence-electron chi connectivity index (χ0n) is 10.5. The van der Waals surface area contributed by atoms with Crippen molar-refractivity contribution in [2.75, 3.05) is 0 Å². The van der Waals surface area contributed by atoms with Crippen LogP contribution in [0.4, 0.5) is 0 Å². The van der Waals surface area contributed by atoms with Crippen molar-refractivity contribution in [1.82, 2.24) is 0 Å². The van der Waals surface area contributed by atoms with Crippen LogP contribution < -0.4 is 0 Å². The fourth-order valence-electron chi connectivity index (χ4n) is 2.18. The average molecular weight is 230 g/mol. The quantitative estimate of drug-likeness (QED) is 0.569. The molecule has 0 amide bonds. The van der Waals surface area contributed by atoms with Crippen LogP contribution in [0.25, 0.3) is 0 Å². The largest absolute Gasteiger partial charge is 0.392 e. The van der Waals surface area contributed by atoms with Crippen LogP contribution in [0.15, 0.2) is 29.4 Å². The van der Waals surface area contributed by atoms with Gasteiger partial charge in [0.2, 0.25) is 0 Å². The predicted molar refractivity (Wildman–Crippen MR) is 70.3 cm³/mol. The summed E-state index contributed by atoms with van der Waals surface area (Å²) < 4.78 is 0. The third-order valence-corrected chi connectivity index (χ3v) is 3.26. The average Bonchev–Trinajstić information content (AvgIpc) is 2.40. The lowest BCUT2D eigenvalue weighted by Gasteiger charge is -2.18. The molecule has 0 atom stereocenters. The van der Waals surface area contributed by atoms with Gasteiger partial charge in [-0.05, 0) is 43.7 Å². The fraction of sp³-hybridized carbons (Fsp3) is 0.533. The summed E-state index contributed by atoms with van der Waals surface area (Å²) in [7, 11) is 0. The van der Waals surface area contributed by atoms with Gasteiger partial charge in [-0.3, -0.25) is 0 Å². The number of hydrogen-bond acceptors (Lipinski definition) is 2. The van der Waals surface area contributed by atoms with Crippen LogP contribution in [-0.4, -0.2) is 12.3 Å². The van der Waals surface area contributed by atoms with Crippen molar-refractivity contribution in [3.63, 3.8) is 0 Å². The SMILES string of the molecule is CCc1cccc(/[C]=N/OC2CCCCC2)c1. The van der Waals surface area contributed by atoms with Gasteiger partial charge >= 0.3 is 0 Å². The molecular formula is C15H20NO. The first kappa shape index (κ1) is 12.2. The number of aryl methyl sites for hydroxylation is 1. The minimum Gasteiger partial charge on any atom is -0.392 e. The van der Waals surface area contributed by atoms with E-state index in [4.69, 9.17) is 4.84 Å². The Labute approximate surface area is 104 Å². The Morgan fingerprint density at radius 2 is 2.12 bits per heavy atom. The Kier molecular flexibility index (Phi) is 4.60. The van der Waals surface area contributed by atoms with Gasteiger partial charge in [-0.2, -0.15) is 0 Å². The molecule has 2 rings (SSSR count). The van der Waals surface area contributed by atoms with Crippen LogP contribution in [0.1, 0.15) is 50.2 Å². The summed E-state index contributed by atoms with van der Waals surface area (Å²) in [4.78, 5) is 5.47. The molecule has 0 N–H and O–H groups in total. The second-order valence-electron chi connectivity index (χ2n) is 4.62. The molecule has 0 saturated heterocycles. The highest BCUT2D eigenvalue weighted by Gasteiger charge is 2.13. The van der Waals surface area contributed by atoms with Crippen LogP contribution in [0.5, 0.6) is 0 Å². The van der Waals surface area contributed by atoms with Gasteiger partial charge in [0.25, 0.3) is 0 Å². The molecule has 0 unspecified atom stereocenters. The van der Waals surface area contributed by atoms with E-state index in [2.05, 4.69) is 30.4 Å². The maximum absolute atomic E-state index is 5.47. The molecule has 0 heterocycles. The lowest BCUT2D eigenvalue weighted by atomic mass is 9.98. The minimum atomic E-state index is 0.311. The van der Waals surface area contributed by atoms with E-state index < -0.39 is 0 Å². The molecular weight excluding hydrogens is 210 g/mol. The topological polar surface area (TPSA) is 21.6 Å². The van der Waals surface area contributed by atoms with E-state index in [1.165, 1.54) is 24.8 Å². The highest BCUT2D eigenvalue weighted by atomic mass is 16.6. The van der Waals surface area contributed by atoms with E-state index in [1.54, 1.807) is 0 Å². The lowest BCUT2D eigenvalue weighted by molar-refractivity contribution is 0.0340. The number of rotatable bonds is 4. The van der Waals surface area contributed by atoms with Gasteiger partial charge in [-0.1, -0.05) is 36.7 Å². The molecule has 0 aromatic heterocycles. The molecule has 0 spiro atoms. The summed E-state index contributed by atoms with van der Waals surface area (Å²) in [5, 5.41) is 3.99. The molecule has 1 aromatic carbocycles. The van der Waals surface area contributed by atoms with Crippen LogP contribution in [-0.2, 0) is 11.3 Å². The number of nitrogens with zero attached hydrogens (tertiary/aromatic N) is 1. The van der Waals surface area contributed by atoms with E-state index in [9.17, 15) is 0 Å². The summed E-state index contributed by atoms with van der Waals surface area (Å²) in [5.74, 6) is 0. The first-order valence-electron chi connectivity index (χ1n) is 6.59. The summed E-state index contributed by atoms with van der Waals surface area (Å²) in [6.07, 6.45) is 10.5. The normalized spacial score (nSPS) is 17.5. The van der Waals surface area contributed by atoms with Crippen molar-refractivity contribution in [2.45, 2.75) is 51.6 Å². The molecule has 1 aliphatic carbocycles. The van der Waals surface area contributed by atoms with Crippen molar-refractivity contribution in [1.29, 1.82) is 0 Å². The molecule has 1 aromatic rings. The van der Waals surface area contributed by atoms with E-state index in [0.717, 1.165) is 24.8 Å². The fourth-order valence-corrected chi connectivity index (χ4v) is 2.18. The smallest absolute Gasteiger partial charge is 0.139 e. The maximum atomic E-state index is 5.47. The van der Waals surface area contributed by atoms with E-state index in [0.29, 0.717) is 6.10 Å². The molecule has 2 nitrogen and oxygen atoms in total. The number of hydrogen-bond donors (Lipinski definition) is 0. The third kappa shape index (κ3) is 3.88. The van der Waals surface area contributed by atoms with E-state index >= 15 is 0 Å². The van der Waals surface area contributed by atoms with Crippen molar-refractivity contribution in [3.05, 3.63) is 35.4 Å². The van der Waals surface area contributed by atoms with Gasteiger partial charge in [0.05, 0.1) is 0 Å². The molecule has 1 aliphatic rings.